The number of aromatic nitrogens is 2. The highest BCUT2D eigenvalue weighted by molar-refractivity contribution is 7.16. The molecule has 2 heterocycles. The molecule has 0 saturated heterocycles. The van der Waals surface area contributed by atoms with E-state index in [2.05, 4.69) is 15.3 Å². The van der Waals surface area contributed by atoms with Crippen LogP contribution in [0.5, 0.6) is 5.75 Å². The normalized spacial score (nSPS) is 12.2. The van der Waals surface area contributed by atoms with E-state index < -0.39 is 6.10 Å². The Hall–Kier alpha value is -2.18. The third-order valence-electron chi connectivity index (χ3n) is 2.95. The lowest BCUT2D eigenvalue weighted by atomic mass is 10.3. The van der Waals surface area contributed by atoms with Gasteiger partial charge in [-0.05, 0) is 23.6 Å². The molecule has 0 fully saturated rings. The first-order valence-electron chi connectivity index (χ1n) is 6.61. The van der Waals surface area contributed by atoms with Gasteiger partial charge in [0.2, 0.25) is 0 Å². The molecular weight excluding hydrogens is 286 g/mol. The van der Waals surface area contributed by atoms with Gasteiger partial charge in [0, 0.05) is 6.54 Å². The molecule has 0 spiro atoms. The van der Waals surface area contributed by atoms with Crippen LogP contribution in [-0.2, 0) is 0 Å². The molecule has 0 aliphatic rings. The number of thiophene rings is 1. The zero-order valence-corrected chi connectivity index (χ0v) is 12.1. The number of rotatable bonds is 6. The largest absolute Gasteiger partial charge is 0.491 e. The second-order valence-corrected chi connectivity index (χ2v) is 5.42. The number of anilines is 1. The molecule has 0 unspecified atom stereocenters. The molecule has 0 amide bonds. The number of nitrogens with zero attached hydrogens (tertiary/aromatic N) is 2. The van der Waals surface area contributed by atoms with Crippen LogP contribution < -0.4 is 10.1 Å². The maximum Gasteiger partial charge on any atom is 0.138 e. The van der Waals surface area contributed by atoms with E-state index in [9.17, 15) is 5.11 Å². The lowest BCUT2D eigenvalue weighted by molar-refractivity contribution is 0.117. The summed E-state index contributed by atoms with van der Waals surface area (Å²) in [5.41, 5.74) is 0. The molecule has 6 heteroatoms. The van der Waals surface area contributed by atoms with Crippen LogP contribution in [0.25, 0.3) is 10.2 Å². The van der Waals surface area contributed by atoms with E-state index in [-0.39, 0.29) is 6.61 Å². The fourth-order valence-corrected chi connectivity index (χ4v) is 2.65. The van der Waals surface area contributed by atoms with E-state index >= 15 is 0 Å². The number of benzene rings is 1. The lowest BCUT2D eigenvalue weighted by Gasteiger charge is -2.13. The Morgan fingerprint density at radius 1 is 1.19 bits per heavy atom. The van der Waals surface area contributed by atoms with Gasteiger partial charge in [0.15, 0.2) is 0 Å². The molecule has 2 aromatic heterocycles. The van der Waals surface area contributed by atoms with Crippen LogP contribution in [-0.4, -0.2) is 34.3 Å². The van der Waals surface area contributed by atoms with Crippen LogP contribution >= 0.6 is 11.3 Å². The Labute approximate surface area is 126 Å². The van der Waals surface area contributed by atoms with E-state index in [4.69, 9.17) is 4.74 Å². The van der Waals surface area contributed by atoms with Crippen LogP contribution in [0.15, 0.2) is 48.1 Å². The molecule has 3 rings (SSSR count). The number of para-hydroxylation sites is 1. The van der Waals surface area contributed by atoms with Crippen molar-refractivity contribution in [2.24, 2.45) is 0 Å². The minimum absolute atomic E-state index is 0.231. The van der Waals surface area contributed by atoms with Crippen LogP contribution in [0.2, 0.25) is 0 Å². The quantitative estimate of drug-likeness (QED) is 0.732. The monoisotopic (exact) mass is 301 g/mol. The number of ether oxygens (including phenoxy) is 1. The van der Waals surface area contributed by atoms with Crippen molar-refractivity contribution in [3.8, 4) is 5.75 Å². The summed E-state index contributed by atoms with van der Waals surface area (Å²) in [6.45, 7) is 0.601. The van der Waals surface area contributed by atoms with E-state index in [1.54, 1.807) is 11.3 Å². The molecule has 2 N–H and O–H groups in total. The topological polar surface area (TPSA) is 67.3 Å². The molecule has 1 aromatic carbocycles. The third-order valence-corrected chi connectivity index (χ3v) is 3.77. The standard InChI is InChI=1S/C15H15N3O2S/c19-11(9-20-12-4-2-1-3-5-12)8-16-14-13-6-7-21-15(13)18-10-17-14/h1-7,10-11,19H,8-9H2,(H,16,17,18)/t11-/m1/s1. The highest BCUT2D eigenvalue weighted by Gasteiger charge is 2.08. The Morgan fingerprint density at radius 2 is 2.05 bits per heavy atom. The fraction of sp³-hybridized carbons (Fsp3) is 0.200. The van der Waals surface area contributed by atoms with E-state index in [0.29, 0.717) is 6.54 Å². The van der Waals surface area contributed by atoms with E-state index in [0.717, 1.165) is 21.8 Å². The van der Waals surface area contributed by atoms with Gasteiger partial charge in [-0.25, -0.2) is 9.97 Å². The molecule has 108 valence electrons. The summed E-state index contributed by atoms with van der Waals surface area (Å²) in [6.07, 6.45) is 0.905. The van der Waals surface area contributed by atoms with E-state index in [1.165, 1.54) is 6.33 Å². The molecule has 3 aromatic rings. The number of hydrogen-bond donors (Lipinski definition) is 2. The van der Waals surface area contributed by atoms with Gasteiger partial charge < -0.3 is 15.2 Å². The van der Waals surface area contributed by atoms with Crippen molar-refractivity contribution in [1.29, 1.82) is 0 Å². The number of aliphatic hydroxyl groups is 1. The summed E-state index contributed by atoms with van der Waals surface area (Å²) >= 11 is 1.56. The van der Waals surface area contributed by atoms with Crippen LogP contribution in [0.3, 0.4) is 0 Å². The second-order valence-electron chi connectivity index (χ2n) is 4.52. The van der Waals surface area contributed by atoms with Crippen molar-refractivity contribution < 1.29 is 9.84 Å². The Bertz CT molecular complexity index is 702. The third kappa shape index (κ3) is 3.48. The molecule has 0 radical (unpaired) electrons. The van der Waals surface area contributed by atoms with Crippen molar-refractivity contribution >= 4 is 27.4 Å². The van der Waals surface area contributed by atoms with Gasteiger partial charge in [0.25, 0.3) is 0 Å². The maximum absolute atomic E-state index is 9.97. The van der Waals surface area contributed by atoms with Crippen LogP contribution in [0, 0.1) is 0 Å². The number of hydrogen-bond acceptors (Lipinski definition) is 6. The molecule has 5 nitrogen and oxygen atoms in total. The Morgan fingerprint density at radius 3 is 2.90 bits per heavy atom. The summed E-state index contributed by atoms with van der Waals surface area (Å²) in [6, 6.07) is 11.4. The zero-order valence-electron chi connectivity index (χ0n) is 11.3. The Kier molecular flexibility index (Phi) is 4.28. The van der Waals surface area contributed by atoms with Gasteiger partial charge in [0.1, 0.15) is 35.4 Å². The average molecular weight is 301 g/mol. The van der Waals surface area contributed by atoms with Crippen molar-refractivity contribution in [1.82, 2.24) is 9.97 Å². The predicted molar refractivity (Wildman–Crippen MR) is 83.8 cm³/mol. The first-order valence-corrected chi connectivity index (χ1v) is 7.49. The smallest absolute Gasteiger partial charge is 0.138 e. The average Bonchev–Trinajstić information content (AvgIpc) is 3.01. The Balaban J connectivity index is 1.54. The second kappa shape index (κ2) is 6.51. The molecule has 1 atom stereocenters. The van der Waals surface area contributed by atoms with Gasteiger partial charge in [-0.3, -0.25) is 0 Å². The molecule has 21 heavy (non-hydrogen) atoms. The van der Waals surface area contributed by atoms with Gasteiger partial charge >= 0.3 is 0 Å². The number of aliphatic hydroxyl groups excluding tert-OH is 1. The lowest BCUT2D eigenvalue weighted by Crippen LogP contribution is -2.26. The van der Waals surface area contributed by atoms with Crippen molar-refractivity contribution in [3.05, 3.63) is 48.1 Å². The van der Waals surface area contributed by atoms with E-state index in [1.807, 2.05) is 41.8 Å². The van der Waals surface area contributed by atoms with Crippen LogP contribution in [0.4, 0.5) is 5.82 Å². The van der Waals surface area contributed by atoms with Crippen molar-refractivity contribution in [3.63, 3.8) is 0 Å². The number of fused-ring (bicyclic) bond motifs is 1. The molecule has 0 saturated carbocycles. The molecule has 0 aliphatic heterocycles. The highest BCUT2D eigenvalue weighted by atomic mass is 32.1. The van der Waals surface area contributed by atoms with Crippen molar-refractivity contribution in [2.45, 2.75) is 6.10 Å². The van der Waals surface area contributed by atoms with Crippen LogP contribution in [0.1, 0.15) is 0 Å². The summed E-state index contributed by atoms with van der Waals surface area (Å²) in [7, 11) is 0. The summed E-state index contributed by atoms with van der Waals surface area (Å²) in [4.78, 5) is 9.32. The van der Waals surface area contributed by atoms with Gasteiger partial charge in [0.05, 0.1) is 5.39 Å². The molecular formula is C15H15N3O2S. The molecule has 0 aliphatic carbocycles. The summed E-state index contributed by atoms with van der Waals surface area (Å²) in [5, 5.41) is 16.0. The minimum atomic E-state index is -0.617. The van der Waals surface area contributed by atoms with Gasteiger partial charge in [-0.15, -0.1) is 11.3 Å². The first-order chi connectivity index (χ1) is 10.3. The molecule has 0 bridgehead atoms. The summed E-state index contributed by atoms with van der Waals surface area (Å²) < 4.78 is 5.51. The predicted octanol–water partition coefficient (Wildman–Crippen LogP) is 2.54. The maximum atomic E-state index is 9.97. The zero-order chi connectivity index (χ0) is 14.5. The highest BCUT2D eigenvalue weighted by Crippen LogP contribution is 2.23. The first kappa shape index (κ1) is 13.8. The number of nitrogens with one attached hydrogen (secondary N) is 1. The van der Waals surface area contributed by atoms with Crippen molar-refractivity contribution in [2.75, 3.05) is 18.5 Å². The summed E-state index contributed by atoms with van der Waals surface area (Å²) in [5.74, 6) is 1.49. The minimum Gasteiger partial charge on any atom is -0.491 e. The fourth-order valence-electron chi connectivity index (χ4n) is 1.91. The SMILES string of the molecule is O[C@H](CNc1ncnc2sccc12)COc1ccccc1. The van der Waals surface area contributed by atoms with Gasteiger partial charge in [-0.1, -0.05) is 18.2 Å². The van der Waals surface area contributed by atoms with Gasteiger partial charge in [-0.2, -0.15) is 0 Å².